The van der Waals surface area contributed by atoms with E-state index in [1.807, 2.05) is 31.2 Å². The highest BCUT2D eigenvalue weighted by Crippen LogP contribution is 2.32. The minimum atomic E-state index is -0.415. The van der Waals surface area contributed by atoms with Gasteiger partial charge in [0.1, 0.15) is 0 Å². The van der Waals surface area contributed by atoms with Crippen LogP contribution in [0.3, 0.4) is 0 Å². The second kappa shape index (κ2) is 7.10. The molecule has 23 heavy (non-hydrogen) atoms. The van der Waals surface area contributed by atoms with Crippen LogP contribution in [0.4, 0.5) is 5.69 Å². The number of halogens is 1. The molecule has 0 spiro atoms. The van der Waals surface area contributed by atoms with E-state index in [9.17, 15) is 4.79 Å². The minimum Gasteiger partial charge on any atom is -0.326 e. The van der Waals surface area contributed by atoms with E-state index in [0.717, 1.165) is 37.1 Å². The van der Waals surface area contributed by atoms with Gasteiger partial charge in [0.05, 0.1) is 24.0 Å². The van der Waals surface area contributed by atoms with Crippen molar-refractivity contribution in [1.82, 2.24) is 15.0 Å². The number of nitrogens with two attached hydrogens (primary N) is 1. The zero-order valence-corrected chi connectivity index (χ0v) is 13.9. The molecule has 1 amide bonds. The molecule has 1 heterocycles. The summed E-state index contributed by atoms with van der Waals surface area (Å²) in [6, 6.07) is 7.46. The Morgan fingerprint density at radius 2 is 1.91 bits per heavy atom. The highest BCUT2D eigenvalue weighted by molar-refractivity contribution is 5.93. The molecule has 2 aromatic rings. The molecule has 3 rings (SSSR count). The fourth-order valence-corrected chi connectivity index (χ4v) is 3.05. The summed E-state index contributed by atoms with van der Waals surface area (Å²) >= 11 is 0. The number of carbonyl (C=O) groups is 1. The Labute approximate surface area is 141 Å². The van der Waals surface area contributed by atoms with E-state index in [2.05, 4.69) is 15.5 Å². The summed E-state index contributed by atoms with van der Waals surface area (Å²) in [6.07, 6.45) is 7.17. The van der Waals surface area contributed by atoms with Gasteiger partial charge in [-0.3, -0.25) is 4.79 Å². The van der Waals surface area contributed by atoms with Crippen molar-refractivity contribution in [2.75, 3.05) is 5.32 Å². The molecule has 1 aliphatic carbocycles. The van der Waals surface area contributed by atoms with Crippen molar-refractivity contribution in [2.24, 2.45) is 11.7 Å². The van der Waals surface area contributed by atoms with Crippen molar-refractivity contribution >= 4 is 24.0 Å². The Morgan fingerprint density at radius 1 is 1.26 bits per heavy atom. The molecule has 2 unspecified atom stereocenters. The Hall–Kier alpha value is -1.92. The third-order valence-corrected chi connectivity index (χ3v) is 4.36. The number of hydrogen-bond donors (Lipinski definition) is 2. The predicted octanol–water partition coefficient (Wildman–Crippen LogP) is 2.54. The third-order valence-electron chi connectivity index (χ3n) is 4.36. The van der Waals surface area contributed by atoms with Crippen LogP contribution in [0, 0.1) is 5.92 Å². The lowest BCUT2D eigenvalue weighted by Gasteiger charge is -2.37. The summed E-state index contributed by atoms with van der Waals surface area (Å²) in [5.74, 6) is -0.122. The van der Waals surface area contributed by atoms with E-state index in [-0.39, 0.29) is 24.2 Å². The molecule has 3 N–H and O–H groups in total. The molecule has 0 aliphatic heterocycles. The molecule has 1 aromatic heterocycles. The second-order valence-corrected chi connectivity index (χ2v) is 6.16. The summed E-state index contributed by atoms with van der Waals surface area (Å²) < 4.78 is 0. The summed E-state index contributed by atoms with van der Waals surface area (Å²) in [6.45, 7) is 1.98. The van der Waals surface area contributed by atoms with Gasteiger partial charge in [-0.05, 0) is 44.0 Å². The molecule has 1 aromatic carbocycles. The lowest BCUT2D eigenvalue weighted by molar-refractivity contribution is -0.122. The minimum absolute atomic E-state index is 0. The van der Waals surface area contributed by atoms with Crippen LogP contribution in [0.15, 0.2) is 36.7 Å². The van der Waals surface area contributed by atoms with Gasteiger partial charge in [-0.15, -0.1) is 12.4 Å². The van der Waals surface area contributed by atoms with Crippen molar-refractivity contribution in [3.05, 3.63) is 36.7 Å². The third kappa shape index (κ3) is 3.89. The van der Waals surface area contributed by atoms with Gasteiger partial charge in [-0.25, -0.2) is 0 Å². The van der Waals surface area contributed by atoms with Gasteiger partial charge in [0.2, 0.25) is 5.91 Å². The van der Waals surface area contributed by atoms with Crippen molar-refractivity contribution in [3.63, 3.8) is 0 Å². The molecule has 7 heteroatoms. The first kappa shape index (κ1) is 17.4. The lowest BCUT2D eigenvalue weighted by Crippen LogP contribution is -2.51. The molecule has 124 valence electrons. The maximum Gasteiger partial charge on any atom is 0.229 e. The fraction of sp³-hybridized carbons (Fsp3) is 0.438. The zero-order valence-electron chi connectivity index (χ0n) is 13.1. The Morgan fingerprint density at radius 3 is 2.52 bits per heavy atom. The van der Waals surface area contributed by atoms with Crippen LogP contribution < -0.4 is 11.1 Å². The number of rotatable bonds is 3. The van der Waals surface area contributed by atoms with Crippen molar-refractivity contribution in [2.45, 2.75) is 38.1 Å². The largest absolute Gasteiger partial charge is 0.326 e. The van der Waals surface area contributed by atoms with Crippen LogP contribution in [0.1, 0.15) is 32.6 Å². The summed E-state index contributed by atoms with van der Waals surface area (Å²) in [4.78, 5) is 14.0. The number of nitrogens with zero attached hydrogens (tertiary/aromatic N) is 3. The zero-order chi connectivity index (χ0) is 15.6. The molecule has 6 nitrogen and oxygen atoms in total. The van der Waals surface area contributed by atoms with Crippen molar-refractivity contribution in [3.8, 4) is 5.69 Å². The van der Waals surface area contributed by atoms with E-state index in [1.165, 1.54) is 4.80 Å². The number of aromatic nitrogens is 3. The number of hydrogen-bond acceptors (Lipinski definition) is 4. The summed E-state index contributed by atoms with van der Waals surface area (Å²) in [5.41, 5.74) is 7.49. The number of benzene rings is 1. The number of amides is 1. The SMILES string of the molecule is CC1(N)CCCCC1C(=O)Nc1ccc(-n2nccn2)cc1.Cl. The number of nitrogens with one attached hydrogen (secondary N) is 1. The average Bonchev–Trinajstić information content (AvgIpc) is 3.01. The second-order valence-electron chi connectivity index (χ2n) is 6.16. The normalized spacial score (nSPS) is 23.8. The maximum absolute atomic E-state index is 12.5. The molecule has 0 radical (unpaired) electrons. The topological polar surface area (TPSA) is 85.8 Å². The Kier molecular flexibility index (Phi) is 5.38. The Balaban J connectivity index is 0.00000192. The monoisotopic (exact) mass is 335 g/mol. The molecular weight excluding hydrogens is 314 g/mol. The first-order valence-corrected chi connectivity index (χ1v) is 7.63. The van der Waals surface area contributed by atoms with E-state index in [4.69, 9.17) is 5.73 Å². The highest BCUT2D eigenvalue weighted by Gasteiger charge is 2.37. The molecule has 1 saturated carbocycles. The van der Waals surface area contributed by atoms with E-state index < -0.39 is 5.54 Å². The number of carbonyl (C=O) groups excluding carboxylic acids is 1. The molecule has 2 atom stereocenters. The van der Waals surface area contributed by atoms with Crippen LogP contribution in [-0.2, 0) is 4.79 Å². The van der Waals surface area contributed by atoms with Crippen LogP contribution >= 0.6 is 12.4 Å². The van der Waals surface area contributed by atoms with Crippen LogP contribution in [0.5, 0.6) is 0 Å². The average molecular weight is 336 g/mol. The van der Waals surface area contributed by atoms with Crippen LogP contribution in [-0.4, -0.2) is 26.4 Å². The highest BCUT2D eigenvalue weighted by atomic mass is 35.5. The standard InChI is InChI=1S/C16H21N5O.ClH/c1-16(17)9-3-2-4-14(16)15(22)20-12-5-7-13(8-6-12)21-18-10-11-19-21;/h5-8,10-11,14H,2-4,9,17H2,1H3,(H,20,22);1H. The van der Waals surface area contributed by atoms with Gasteiger partial charge in [-0.1, -0.05) is 12.8 Å². The molecule has 1 aliphatic rings. The maximum atomic E-state index is 12.5. The molecule has 0 bridgehead atoms. The van der Waals surface area contributed by atoms with Crippen LogP contribution in [0.25, 0.3) is 5.69 Å². The predicted molar refractivity (Wildman–Crippen MR) is 91.8 cm³/mol. The molecule has 1 fully saturated rings. The van der Waals surface area contributed by atoms with Gasteiger partial charge < -0.3 is 11.1 Å². The summed E-state index contributed by atoms with van der Waals surface area (Å²) in [5, 5.41) is 11.1. The van der Waals surface area contributed by atoms with Gasteiger partial charge in [0.15, 0.2) is 0 Å². The van der Waals surface area contributed by atoms with E-state index in [0.29, 0.717) is 0 Å². The van der Waals surface area contributed by atoms with Crippen LogP contribution in [0.2, 0.25) is 0 Å². The van der Waals surface area contributed by atoms with Crippen molar-refractivity contribution < 1.29 is 4.79 Å². The summed E-state index contributed by atoms with van der Waals surface area (Å²) in [7, 11) is 0. The smallest absolute Gasteiger partial charge is 0.229 e. The first-order valence-electron chi connectivity index (χ1n) is 7.63. The molecular formula is C16H22ClN5O. The van der Waals surface area contributed by atoms with Gasteiger partial charge in [-0.2, -0.15) is 15.0 Å². The van der Waals surface area contributed by atoms with Crippen molar-refractivity contribution in [1.29, 1.82) is 0 Å². The number of anilines is 1. The van der Waals surface area contributed by atoms with Gasteiger partial charge >= 0.3 is 0 Å². The quantitative estimate of drug-likeness (QED) is 0.902. The molecule has 0 saturated heterocycles. The van der Waals surface area contributed by atoms with Gasteiger partial charge in [0, 0.05) is 11.2 Å². The fourth-order valence-electron chi connectivity index (χ4n) is 3.05. The first-order chi connectivity index (χ1) is 10.6. The lowest BCUT2D eigenvalue weighted by atomic mass is 9.74. The van der Waals surface area contributed by atoms with E-state index >= 15 is 0 Å². The van der Waals surface area contributed by atoms with E-state index in [1.54, 1.807) is 12.4 Å². The Bertz CT molecular complexity index is 639. The van der Waals surface area contributed by atoms with Gasteiger partial charge in [0.25, 0.3) is 0 Å².